The summed E-state index contributed by atoms with van der Waals surface area (Å²) in [6, 6.07) is 7.20. The molecule has 1 aliphatic carbocycles. The number of halogens is 1. The highest BCUT2D eigenvalue weighted by atomic mass is 35.5. The van der Waals surface area contributed by atoms with E-state index in [0.717, 1.165) is 5.56 Å². The molecule has 2 N–H and O–H groups in total. The molecule has 2 fully saturated rings. The third kappa shape index (κ3) is 5.58. The van der Waals surface area contributed by atoms with E-state index < -0.39 is 23.8 Å². The number of ether oxygens (including phenoxy) is 2. The molecule has 1 saturated carbocycles. The fraction of sp³-hybridized carbons (Fsp3) is 0.478. The second kappa shape index (κ2) is 10.4. The molecule has 1 aliphatic heterocycles. The van der Waals surface area contributed by atoms with Crippen molar-refractivity contribution < 1.29 is 29.3 Å². The van der Waals surface area contributed by atoms with Crippen LogP contribution in [-0.4, -0.2) is 41.3 Å². The summed E-state index contributed by atoms with van der Waals surface area (Å²) in [5.41, 5.74) is 0.793. The Morgan fingerprint density at radius 2 is 1.90 bits per heavy atom. The number of rotatable bonds is 9. The molecule has 7 heteroatoms. The first-order chi connectivity index (χ1) is 14.4. The van der Waals surface area contributed by atoms with Gasteiger partial charge in [-0.1, -0.05) is 42.0 Å². The van der Waals surface area contributed by atoms with Crippen molar-refractivity contribution in [1.29, 1.82) is 0 Å². The maximum Gasteiger partial charge on any atom is 0.303 e. The van der Waals surface area contributed by atoms with Crippen LogP contribution < -0.4 is 0 Å². The van der Waals surface area contributed by atoms with Gasteiger partial charge in [-0.25, -0.2) is 0 Å². The van der Waals surface area contributed by atoms with Crippen molar-refractivity contribution in [3.63, 3.8) is 0 Å². The maximum atomic E-state index is 12.5. The van der Waals surface area contributed by atoms with E-state index in [1.807, 2.05) is 24.3 Å². The predicted molar refractivity (Wildman–Crippen MR) is 112 cm³/mol. The average molecular weight is 435 g/mol. The van der Waals surface area contributed by atoms with Crippen molar-refractivity contribution in [3.05, 3.63) is 59.2 Å². The Hall–Kier alpha value is -1.99. The topological polar surface area (TPSA) is 93.1 Å². The lowest BCUT2D eigenvalue weighted by Gasteiger charge is -2.25. The van der Waals surface area contributed by atoms with Gasteiger partial charge in [0.1, 0.15) is 5.78 Å². The largest absolute Gasteiger partial charge is 0.481 e. The standard InChI is InChI=1S/C23H27ClO6/c24-17-9-7-16(8-10-17)23(29-13-14-30-23)12-11-19-18(20(25)15-21(19)26)5-3-1-2-4-6-22(27)28/h1,3,7-12,18-20,25H,2,4-6,13-15H2,(H,27,28)/b3-1-,12-11+/t18-,19-,20+/m1/s1. The molecule has 162 valence electrons. The van der Waals surface area contributed by atoms with E-state index in [-0.39, 0.29) is 24.5 Å². The Morgan fingerprint density at radius 1 is 1.20 bits per heavy atom. The molecular weight excluding hydrogens is 408 g/mol. The van der Waals surface area contributed by atoms with E-state index in [4.69, 9.17) is 26.2 Å². The summed E-state index contributed by atoms with van der Waals surface area (Å²) in [4.78, 5) is 23.1. The Kier molecular flexibility index (Phi) is 7.83. The van der Waals surface area contributed by atoms with Gasteiger partial charge in [-0.15, -0.1) is 0 Å². The van der Waals surface area contributed by atoms with Crippen molar-refractivity contribution in [2.75, 3.05) is 13.2 Å². The molecule has 6 nitrogen and oxygen atoms in total. The number of aliphatic hydroxyl groups is 1. The van der Waals surface area contributed by atoms with Gasteiger partial charge in [-0.2, -0.15) is 0 Å². The molecule has 1 heterocycles. The third-order valence-electron chi connectivity index (χ3n) is 5.56. The number of carboxylic acid groups (broad SMARTS) is 1. The molecule has 0 aromatic heterocycles. The SMILES string of the molecule is O=C(O)CCC/C=C\C[C@H]1[C@@H](O)CC(=O)[C@@H]1/C=C/C1(c2ccc(Cl)cc2)OCCO1. The number of ketones is 1. The first-order valence-electron chi connectivity index (χ1n) is 10.2. The number of unbranched alkanes of at least 4 members (excludes halogenated alkanes) is 1. The van der Waals surface area contributed by atoms with Crippen LogP contribution in [0.4, 0.5) is 0 Å². The lowest BCUT2D eigenvalue weighted by molar-refractivity contribution is -0.137. The van der Waals surface area contributed by atoms with Crippen molar-refractivity contribution in [2.45, 2.75) is 44.0 Å². The molecule has 3 atom stereocenters. The number of hydrogen-bond donors (Lipinski definition) is 2. The minimum Gasteiger partial charge on any atom is -0.481 e. The Morgan fingerprint density at radius 3 is 2.57 bits per heavy atom. The van der Waals surface area contributed by atoms with Crippen LogP contribution in [0.25, 0.3) is 0 Å². The monoisotopic (exact) mass is 434 g/mol. The Balaban J connectivity index is 1.69. The number of allylic oxidation sites excluding steroid dienone is 3. The van der Waals surface area contributed by atoms with Gasteiger partial charge in [0.05, 0.1) is 19.3 Å². The second-order valence-corrected chi connectivity index (χ2v) is 8.09. The van der Waals surface area contributed by atoms with Crippen molar-refractivity contribution >= 4 is 23.4 Å². The number of aliphatic carboxylic acids is 1. The number of aliphatic hydroxyl groups excluding tert-OH is 1. The van der Waals surface area contributed by atoms with Crippen LogP contribution in [0.3, 0.4) is 0 Å². The summed E-state index contributed by atoms with van der Waals surface area (Å²) in [5.74, 6) is -2.53. The fourth-order valence-electron chi connectivity index (χ4n) is 3.97. The number of carboxylic acids is 1. The predicted octanol–water partition coefficient (Wildman–Crippen LogP) is 3.86. The summed E-state index contributed by atoms with van der Waals surface area (Å²) < 4.78 is 11.8. The van der Waals surface area contributed by atoms with E-state index >= 15 is 0 Å². The van der Waals surface area contributed by atoms with Crippen LogP contribution in [0.15, 0.2) is 48.6 Å². The fourth-order valence-corrected chi connectivity index (χ4v) is 4.09. The molecular formula is C23H27ClO6. The quantitative estimate of drug-likeness (QED) is 0.452. The van der Waals surface area contributed by atoms with E-state index in [1.165, 1.54) is 0 Å². The van der Waals surface area contributed by atoms with Crippen molar-refractivity contribution in [2.24, 2.45) is 11.8 Å². The first kappa shape index (κ1) is 22.7. The highest BCUT2D eigenvalue weighted by Gasteiger charge is 2.41. The average Bonchev–Trinajstić information content (AvgIpc) is 3.28. The molecule has 1 saturated heterocycles. The van der Waals surface area contributed by atoms with Gasteiger partial charge in [0.2, 0.25) is 5.79 Å². The van der Waals surface area contributed by atoms with Crippen LogP contribution >= 0.6 is 11.6 Å². The molecule has 0 unspecified atom stereocenters. The first-order valence-corrected chi connectivity index (χ1v) is 10.6. The highest BCUT2D eigenvalue weighted by molar-refractivity contribution is 6.30. The van der Waals surface area contributed by atoms with Gasteiger partial charge in [0.15, 0.2) is 0 Å². The van der Waals surface area contributed by atoms with Crippen LogP contribution in [0, 0.1) is 11.8 Å². The minimum atomic E-state index is -1.06. The van der Waals surface area contributed by atoms with Crippen LogP contribution in [0.5, 0.6) is 0 Å². The molecule has 0 bridgehead atoms. The minimum absolute atomic E-state index is 0.00715. The second-order valence-electron chi connectivity index (χ2n) is 7.65. The zero-order chi connectivity index (χ0) is 21.6. The van der Waals surface area contributed by atoms with E-state index in [1.54, 1.807) is 24.3 Å². The number of carbonyl (C=O) groups is 2. The van der Waals surface area contributed by atoms with Gasteiger partial charge in [0.25, 0.3) is 0 Å². The maximum absolute atomic E-state index is 12.5. The zero-order valence-electron chi connectivity index (χ0n) is 16.7. The molecule has 3 rings (SSSR count). The van der Waals surface area contributed by atoms with E-state index in [2.05, 4.69) is 0 Å². The number of Topliss-reactive ketones (excluding diaryl/α,β-unsaturated/α-hetero) is 1. The van der Waals surface area contributed by atoms with Gasteiger partial charge >= 0.3 is 5.97 Å². The zero-order valence-corrected chi connectivity index (χ0v) is 17.5. The smallest absolute Gasteiger partial charge is 0.303 e. The summed E-state index contributed by atoms with van der Waals surface area (Å²) in [6.45, 7) is 0.882. The summed E-state index contributed by atoms with van der Waals surface area (Å²) >= 11 is 5.99. The Bertz CT molecular complexity index is 794. The van der Waals surface area contributed by atoms with Crippen molar-refractivity contribution in [3.8, 4) is 0 Å². The third-order valence-corrected chi connectivity index (χ3v) is 5.81. The molecule has 1 aromatic carbocycles. The molecule has 0 amide bonds. The van der Waals surface area contributed by atoms with Crippen LogP contribution in [-0.2, 0) is 24.8 Å². The van der Waals surface area contributed by atoms with Crippen molar-refractivity contribution in [1.82, 2.24) is 0 Å². The van der Waals surface area contributed by atoms with Gasteiger partial charge in [-0.05, 0) is 37.5 Å². The lowest BCUT2D eigenvalue weighted by atomic mass is 9.89. The van der Waals surface area contributed by atoms with E-state index in [9.17, 15) is 14.7 Å². The number of hydrogen-bond acceptors (Lipinski definition) is 5. The lowest BCUT2D eigenvalue weighted by Crippen LogP contribution is -2.26. The summed E-state index contributed by atoms with van der Waals surface area (Å²) in [7, 11) is 0. The molecule has 0 spiro atoms. The van der Waals surface area contributed by atoms with Crippen LogP contribution in [0.1, 0.15) is 37.7 Å². The molecule has 1 aromatic rings. The Labute approximate surface area is 181 Å². The molecule has 30 heavy (non-hydrogen) atoms. The van der Waals surface area contributed by atoms with Gasteiger partial charge < -0.3 is 19.7 Å². The summed E-state index contributed by atoms with van der Waals surface area (Å²) in [5, 5.41) is 19.7. The molecule has 0 radical (unpaired) electrons. The number of benzene rings is 1. The highest BCUT2D eigenvalue weighted by Crippen LogP contribution is 2.38. The summed E-state index contributed by atoms with van der Waals surface area (Å²) in [6.07, 6.45) is 8.73. The van der Waals surface area contributed by atoms with Gasteiger partial charge in [-0.3, -0.25) is 9.59 Å². The number of carbonyl (C=O) groups excluding carboxylic acids is 1. The van der Waals surface area contributed by atoms with Gasteiger partial charge in [0, 0.05) is 35.3 Å². The molecule has 2 aliphatic rings. The normalized spacial score (nSPS) is 26.2. The van der Waals surface area contributed by atoms with Crippen LogP contribution in [0.2, 0.25) is 5.02 Å². The van der Waals surface area contributed by atoms with E-state index in [0.29, 0.717) is 37.5 Å².